The van der Waals surface area contributed by atoms with Crippen LogP contribution in [0.25, 0.3) is 5.82 Å². The molecular weight excluding hydrogens is 264 g/mol. The Hall–Kier alpha value is -2.55. The predicted molar refractivity (Wildman–Crippen MR) is 68.0 cm³/mol. The van der Waals surface area contributed by atoms with Gasteiger partial charge in [-0.15, -0.1) is 5.10 Å². The molecule has 0 spiro atoms. The first-order chi connectivity index (χ1) is 9.63. The quantitative estimate of drug-likeness (QED) is 0.757. The fourth-order valence-electron chi connectivity index (χ4n) is 1.44. The van der Waals surface area contributed by atoms with Crippen LogP contribution in [0.3, 0.4) is 0 Å². The molecule has 0 aliphatic heterocycles. The van der Waals surface area contributed by atoms with Gasteiger partial charge in [-0.25, -0.2) is 24.4 Å². The molecule has 2 heterocycles. The molecule has 0 aliphatic rings. The lowest BCUT2D eigenvalue weighted by Gasteiger charge is -2.05. The number of carbonyl (C=O) groups excluding carboxylic acids is 1. The van der Waals surface area contributed by atoms with Crippen molar-refractivity contribution in [1.29, 1.82) is 0 Å². The summed E-state index contributed by atoms with van der Waals surface area (Å²) in [5.41, 5.74) is 5.70. The SMILES string of the molecule is CCOCc1nc(N)cc(-n2cnc(C(=O)OC)n2)n1. The Kier molecular flexibility index (Phi) is 4.20. The van der Waals surface area contributed by atoms with Gasteiger partial charge in [0.1, 0.15) is 18.8 Å². The number of nitrogen functional groups attached to an aromatic ring is 1. The van der Waals surface area contributed by atoms with E-state index in [-0.39, 0.29) is 18.2 Å². The van der Waals surface area contributed by atoms with Gasteiger partial charge in [-0.1, -0.05) is 0 Å². The van der Waals surface area contributed by atoms with Crippen LogP contribution in [0, 0.1) is 0 Å². The highest BCUT2D eigenvalue weighted by Crippen LogP contribution is 2.08. The molecule has 2 aromatic rings. The Morgan fingerprint density at radius 2 is 2.25 bits per heavy atom. The summed E-state index contributed by atoms with van der Waals surface area (Å²) in [6.07, 6.45) is 1.35. The number of nitrogens with two attached hydrogens (primary N) is 1. The van der Waals surface area contributed by atoms with Gasteiger partial charge in [0, 0.05) is 12.7 Å². The molecule has 0 radical (unpaired) electrons. The van der Waals surface area contributed by atoms with Crippen LogP contribution in [0.5, 0.6) is 0 Å². The monoisotopic (exact) mass is 278 g/mol. The number of nitrogens with zero attached hydrogens (tertiary/aromatic N) is 5. The Labute approximate surface area is 114 Å². The van der Waals surface area contributed by atoms with Gasteiger partial charge in [0.2, 0.25) is 0 Å². The van der Waals surface area contributed by atoms with E-state index >= 15 is 0 Å². The molecule has 0 bridgehead atoms. The summed E-state index contributed by atoms with van der Waals surface area (Å²) in [5.74, 6) is 0.419. The van der Waals surface area contributed by atoms with Gasteiger partial charge in [0.25, 0.3) is 5.82 Å². The van der Waals surface area contributed by atoms with Crippen molar-refractivity contribution < 1.29 is 14.3 Å². The third-order valence-electron chi connectivity index (χ3n) is 2.31. The second-order valence-electron chi connectivity index (χ2n) is 3.71. The molecule has 2 aromatic heterocycles. The first-order valence-corrected chi connectivity index (χ1v) is 5.85. The van der Waals surface area contributed by atoms with Crippen LogP contribution in [0.1, 0.15) is 23.4 Å². The first-order valence-electron chi connectivity index (χ1n) is 5.85. The summed E-state index contributed by atoms with van der Waals surface area (Å²) in [6.45, 7) is 2.66. The highest BCUT2D eigenvalue weighted by atomic mass is 16.5. The molecule has 0 unspecified atom stereocenters. The van der Waals surface area contributed by atoms with Crippen LogP contribution in [0.2, 0.25) is 0 Å². The zero-order valence-electron chi connectivity index (χ0n) is 11.1. The van der Waals surface area contributed by atoms with E-state index in [4.69, 9.17) is 10.5 Å². The summed E-state index contributed by atoms with van der Waals surface area (Å²) in [5, 5.41) is 3.96. The predicted octanol–water partition coefficient (Wildman–Crippen LogP) is -0.0374. The largest absolute Gasteiger partial charge is 0.463 e. The van der Waals surface area contributed by atoms with Gasteiger partial charge in [-0.2, -0.15) is 0 Å². The lowest BCUT2D eigenvalue weighted by atomic mass is 10.5. The molecule has 2 rings (SSSR count). The van der Waals surface area contributed by atoms with Crippen LogP contribution >= 0.6 is 0 Å². The maximum absolute atomic E-state index is 11.3. The van der Waals surface area contributed by atoms with Crippen molar-refractivity contribution in [2.45, 2.75) is 13.5 Å². The normalized spacial score (nSPS) is 10.5. The molecule has 20 heavy (non-hydrogen) atoms. The van der Waals surface area contributed by atoms with Crippen molar-refractivity contribution >= 4 is 11.8 Å². The minimum absolute atomic E-state index is 0.0592. The number of carbonyl (C=O) groups is 1. The summed E-state index contributed by atoms with van der Waals surface area (Å²) in [4.78, 5) is 23.4. The Bertz CT molecular complexity index is 612. The van der Waals surface area contributed by atoms with Crippen LogP contribution in [0.15, 0.2) is 12.4 Å². The molecule has 0 saturated heterocycles. The van der Waals surface area contributed by atoms with E-state index in [0.29, 0.717) is 18.2 Å². The molecule has 0 aliphatic carbocycles. The Balaban J connectivity index is 2.29. The summed E-state index contributed by atoms with van der Waals surface area (Å²) >= 11 is 0. The van der Waals surface area contributed by atoms with E-state index in [0.717, 1.165) is 0 Å². The second kappa shape index (κ2) is 6.06. The maximum atomic E-state index is 11.3. The molecular formula is C11H14N6O3. The van der Waals surface area contributed by atoms with E-state index in [1.165, 1.54) is 24.2 Å². The summed E-state index contributed by atoms with van der Waals surface area (Å²) in [7, 11) is 1.26. The molecule has 9 nitrogen and oxygen atoms in total. The minimum Gasteiger partial charge on any atom is -0.463 e. The molecule has 9 heteroatoms. The number of esters is 1. The number of hydrogen-bond acceptors (Lipinski definition) is 8. The highest BCUT2D eigenvalue weighted by Gasteiger charge is 2.13. The van der Waals surface area contributed by atoms with E-state index in [2.05, 4.69) is 24.8 Å². The fraction of sp³-hybridized carbons (Fsp3) is 0.364. The Morgan fingerprint density at radius 1 is 1.45 bits per heavy atom. The lowest BCUT2D eigenvalue weighted by Crippen LogP contribution is -2.09. The average Bonchev–Trinajstić information content (AvgIpc) is 2.93. The number of anilines is 1. The highest BCUT2D eigenvalue weighted by molar-refractivity contribution is 5.84. The van der Waals surface area contributed by atoms with Gasteiger partial charge in [-0.3, -0.25) is 0 Å². The second-order valence-corrected chi connectivity index (χ2v) is 3.71. The van der Waals surface area contributed by atoms with Crippen molar-refractivity contribution in [2.75, 3.05) is 19.5 Å². The van der Waals surface area contributed by atoms with E-state index in [1.54, 1.807) is 0 Å². The number of rotatable bonds is 5. The van der Waals surface area contributed by atoms with Crippen LogP contribution in [0.4, 0.5) is 5.82 Å². The van der Waals surface area contributed by atoms with Gasteiger partial charge in [0.15, 0.2) is 11.6 Å². The smallest absolute Gasteiger partial charge is 0.377 e. The summed E-state index contributed by atoms with van der Waals surface area (Å²) < 4.78 is 11.1. The fourth-order valence-corrected chi connectivity index (χ4v) is 1.44. The van der Waals surface area contributed by atoms with Gasteiger partial charge >= 0.3 is 5.97 Å². The van der Waals surface area contributed by atoms with Crippen molar-refractivity contribution in [1.82, 2.24) is 24.7 Å². The van der Waals surface area contributed by atoms with E-state index < -0.39 is 5.97 Å². The van der Waals surface area contributed by atoms with Crippen molar-refractivity contribution in [2.24, 2.45) is 0 Å². The molecule has 0 amide bonds. The van der Waals surface area contributed by atoms with Crippen molar-refractivity contribution in [3.63, 3.8) is 0 Å². The number of aromatic nitrogens is 5. The molecule has 106 valence electrons. The van der Waals surface area contributed by atoms with Gasteiger partial charge in [-0.05, 0) is 6.92 Å². The zero-order valence-corrected chi connectivity index (χ0v) is 11.1. The van der Waals surface area contributed by atoms with Crippen LogP contribution in [-0.2, 0) is 16.1 Å². The van der Waals surface area contributed by atoms with Crippen LogP contribution < -0.4 is 5.73 Å². The molecule has 0 saturated carbocycles. The molecule has 0 atom stereocenters. The lowest BCUT2D eigenvalue weighted by molar-refractivity contribution is 0.0587. The topological polar surface area (TPSA) is 118 Å². The summed E-state index contributed by atoms with van der Waals surface area (Å²) in [6, 6.07) is 1.52. The first kappa shape index (κ1) is 13.9. The van der Waals surface area contributed by atoms with Crippen molar-refractivity contribution in [3.8, 4) is 5.82 Å². The minimum atomic E-state index is -0.625. The number of ether oxygens (including phenoxy) is 2. The van der Waals surface area contributed by atoms with Gasteiger partial charge in [0.05, 0.1) is 7.11 Å². The van der Waals surface area contributed by atoms with Crippen molar-refractivity contribution in [3.05, 3.63) is 24.0 Å². The van der Waals surface area contributed by atoms with E-state index in [9.17, 15) is 4.79 Å². The third-order valence-corrected chi connectivity index (χ3v) is 2.31. The zero-order chi connectivity index (χ0) is 14.5. The third kappa shape index (κ3) is 3.06. The Morgan fingerprint density at radius 3 is 2.95 bits per heavy atom. The number of hydrogen-bond donors (Lipinski definition) is 1. The average molecular weight is 278 g/mol. The standard InChI is InChI=1S/C11H14N6O3/c1-3-20-5-8-14-7(12)4-9(15-8)17-6-13-10(16-17)11(18)19-2/h4,6H,3,5H2,1-2H3,(H2,12,14,15). The van der Waals surface area contributed by atoms with Crippen LogP contribution in [-0.4, -0.2) is 44.4 Å². The van der Waals surface area contributed by atoms with E-state index in [1.807, 2.05) is 6.92 Å². The molecule has 2 N–H and O–H groups in total. The molecule has 0 aromatic carbocycles. The van der Waals surface area contributed by atoms with Gasteiger partial charge < -0.3 is 15.2 Å². The number of methoxy groups -OCH3 is 1. The maximum Gasteiger partial charge on any atom is 0.377 e. The molecule has 0 fully saturated rings.